The summed E-state index contributed by atoms with van der Waals surface area (Å²) < 4.78 is 5.69. The van der Waals surface area contributed by atoms with E-state index < -0.39 is 0 Å². The molecule has 1 amide bonds. The van der Waals surface area contributed by atoms with Crippen LogP contribution in [0.2, 0.25) is 0 Å². The summed E-state index contributed by atoms with van der Waals surface area (Å²) in [6, 6.07) is 11.8. The Balaban J connectivity index is 1.59. The van der Waals surface area contributed by atoms with E-state index in [0.717, 1.165) is 37.3 Å². The number of hydrogen-bond acceptors (Lipinski definition) is 3. The van der Waals surface area contributed by atoms with Crippen LogP contribution in [0.25, 0.3) is 0 Å². The van der Waals surface area contributed by atoms with Gasteiger partial charge in [0.15, 0.2) is 5.69 Å². The minimum Gasteiger partial charge on any atom is -0.487 e. The first-order chi connectivity index (χ1) is 11.8. The fourth-order valence-corrected chi connectivity index (χ4v) is 3.21. The van der Waals surface area contributed by atoms with Gasteiger partial charge in [-0.3, -0.25) is 9.89 Å². The predicted octanol–water partition coefficient (Wildman–Crippen LogP) is 3.78. The maximum absolute atomic E-state index is 12.7. The number of H-pyrrole nitrogens is 1. The number of unbranched alkanes of at least 4 members (excludes halogenated alkanes) is 1. The monoisotopic (exact) mass is 327 g/mol. The minimum absolute atomic E-state index is 0.0378. The maximum atomic E-state index is 12.7. The lowest BCUT2D eigenvalue weighted by Crippen LogP contribution is -2.35. The molecular formula is C19H25N3O2. The third-order valence-corrected chi connectivity index (χ3v) is 4.52. The smallest absolute Gasteiger partial charge is 0.274 e. The Bertz CT molecular complexity index is 654. The van der Waals surface area contributed by atoms with Gasteiger partial charge in [-0.2, -0.15) is 5.10 Å². The van der Waals surface area contributed by atoms with Crippen molar-refractivity contribution in [2.75, 3.05) is 6.54 Å². The molecule has 1 N–H and O–H groups in total. The fraction of sp³-hybridized carbons (Fsp3) is 0.474. The molecule has 2 aromatic rings. The second kappa shape index (κ2) is 7.99. The van der Waals surface area contributed by atoms with Gasteiger partial charge in [0.05, 0.1) is 5.69 Å². The van der Waals surface area contributed by atoms with Gasteiger partial charge in [-0.15, -0.1) is 0 Å². The molecule has 0 bridgehead atoms. The average molecular weight is 327 g/mol. The Morgan fingerprint density at radius 1 is 1.38 bits per heavy atom. The van der Waals surface area contributed by atoms with Crippen molar-refractivity contribution >= 4 is 5.91 Å². The highest BCUT2D eigenvalue weighted by molar-refractivity contribution is 5.92. The molecule has 0 aliphatic carbocycles. The highest BCUT2D eigenvalue weighted by Crippen LogP contribution is 2.24. The van der Waals surface area contributed by atoms with Gasteiger partial charge in [0, 0.05) is 12.6 Å². The van der Waals surface area contributed by atoms with Crippen molar-refractivity contribution in [3.8, 4) is 5.75 Å². The third kappa shape index (κ3) is 3.96. The highest BCUT2D eigenvalue weighted by Gasteiger charge is 2.30. The van der Waals surface area contributed by atoms with Crippen LogP contribution in [0, 0.1) is 0 Å². The molecule has 1 aliphatic heterocycles. The van der Waals surface area contributed by atoms with Crippen molar-refractivity contribution in [2.45, 2.75) is 51.7 Å². The van der Waals surface area contributed by atoms with E-state index >= 15 is 0 Å². The van der Waals surface area contributed by atoms with Crippen LogP contribution in [0.15, 0.2) is 36.4 Å². The van der Waals surface area contributed by atoms with Crippen molar-refractivity contribution in [2.24, 2.45) is 0 Å². The van der Waals surface area contributed by atoms with E-state index in [4.69, 9.17) is 4.74 Å². The largest absolute Gasteiger partial charge is 0.487 e. The van der Waals surface area contributed by atoms with E-state index in [-0.39, 0.29) is 5.91 Å². The summed E-state index contributed by atoms with van der Waals surface area (Å²) in [6.45, 7) is 3.41. The molecule has 24 heavy (non-hydrogen) atoms. The summed E-state index contributed by atoms with van der Waals surface area (Å²) in [5, 5.41) is 7.11. The summed E-state index contributed by atoms with van der Waals surface area (Å²) in [4.78, 5) is 14.7. The molecule has 1 fully saturated rings. The van der Waals surface area contributed by atoms with Gasteiger partial charge in [0.1, 0.15) is 12.4 Å². The minimum atomic E-state index is 0.0378. The molecule has 0 spiro atoms. The van der Waals surface area contributed by atoms with Gasteiger partial charge in [-0.05, 0) is 37.5 Å². The van der Waals surface area contributed by atoms with Gasteiger partial charge in [0.2, 0.25) is 0 Å². The second-order valence-corrected chi connectivity index (χ2v) is 6.32. The molecule has 0 radical (unpaired) electrons. The van der Waals surface area contributed by atoms with Crippen molar-refractivity contribution in [1.82, 2.24) is 15.1 Å². The standard InChI is InChI=1S/C19H25N3O2/c1-2-3-8-16-9-7-12-22(16)19(23)18-13-15(20-21-18)14-24-17-10-5-4-6-11-17/h4-6,10-11,13,16H,2-3,7-9,12,14H2,1H3,(H,20,21). The van der Waals surface area contributed by atoms with E-state index in [2.05, 4.69) is 17.1 Å². The number of ether oxygens (including phenoxy) is 1. The lowest BCUT2D eigenvalue weighted by molar-refractivity contribution is 0.0723. The molecule has 1 aromatic carbocycles. The van der Waals surface area contributed by atoms with Crippen LogP contribution < -0.4 is 4.74 Å². The van der Waals surface area contributed by atoms with Crippen LogP contribution in [-0.2, 0) is 6.61 Å². The quantitative estimate of drug-likeness (QED) is 0.842. The maximum Gasteiger partial charge on any atom is 0.274 e. The zero-order valence-electron chi connectivity index (χ0n) is 14.2. The third-order valence-electron chi connectivity index (χ3n) is 4.52. The number of hydrogen-bond donors (Lipinski definition) is 1. The molecule has 1 unspecified atom stereocenters. The molecule has 3 rings (SSSR count). The summed E-state index contributed by atoms with van der Waals surface area (Å²) in [5.74, 6) is 0.843. The van der Waals surface area contributed by atoms with Gasteiger partial charge in [0.25, 0.3) is 5.91 Å². The summed E-state index contributed by atoms with van der Waals surface area (Å²) in [5.41, 5.74) is 1.30. The molecule has 128 valence electrons. The Kier molecular flexibility index (Phi) is 5.51. The number of nitrogens with zero attached hydrogens (tertiary/aromatic N) is 2. The molecule has 1 aromatic heterocycles. The summed E-state index contributed by atoms with van der Waals surface area (Å²) in [6.07, 6.45) is 5.64. The van der Waals surface area contributed by atoms with Gasteiger partial charge in [-0.25, -0.2) is 0 Å². The second-order valence-electron chi connectivity index (χ2n) is 6.32. The van der Waals surface area contributed by atoms with Crippen molar-refractivity contribution < 1.29 is 9.53 Å². The van der Waals surface area contributed by atoms with Crippen LogP contribution in [0.3, 0.4) is 0 Å². The lowest BCUT2D eigenvalue weighted by Gasteiger charge is -2.23. The number of carbonyl (C=O) groups excluding carboxylic acids is 1. The van der Waals surface area contributed by atoms with Crippen molar-refractivity contribution in [1.29, 1.82) is 0 Å². The first-order valence-corrected chi connectivity index (χ1v) is 8.81. The molecule has 1 aliphatic rings. The molecule has 1 saturated heterocycles. The van der Waals surface area contributed by atoms with Crippen LogP contribution in [0.4, 0.5) is 0 Å². The number of aromatic amines is 1. The van der Waals surface area contributed by atoms with Crippen molar-refractivity contribution in [3.63, 3.8) is 0 Å². The molecule has 5 heteroatoms. The number of rotatable bonds is 7. The SMILES string of the molecule is CCCCC1CCCN1C(=O)c1cc(COc2ccccc2)[nH]n1. The van der Waals surface area contributed by atoms with Crippen LogP contribution >= 0.6 is 0 Å². The van der Waals surface area contributed by atoms with Crippen LogP contribution in [0.1, 0.15) is 55.2 Å². The van der Waals surface area contributed by atoms with Crippen molar-refractivity contribution in [3.05, 3.63) is 47.8 Å². The normalized spacial score (nSPS) is 17.2. The van der Waals surface area contributed by atoms with Crippen LogP contribution in [0.5, 0.6) is 5.75 Å². The molecule has 2 heterocycles. The Hall–Kier alpha value is -2.30. The van der Waals surface area contributed by atoms with E-state index in [0.29, 0.717) is 18.3 Å². The topological polar surface area (TPSA) is 58.2 Å². The number of likely N-dealkylation sites (tertiary alicyclic amines) is 1. The Labute approximate surface area is 143 Å². The first kappa shape index (κ1) is 16.6. The van der Waals surface area contributed by atoms with Crippen LogP contribution in [-0.4, -0.2) is 33.6 Å². The first-order valence-electron chi connectivity index (χ1n) is 8.81. The highest BCUT2D eigenvalue weighted by atomic mass is 16.5. The van der Waals surface area contributed by atoms with Gasteiger partial charge >= 0.3 is 0 Å². The number of aromatic nitrogens is 2. The number of carbonyl (C=O) groups is 1. The average Bonchev–Trinajstić information content (AvgIpc) is 3.28. The van der Waals surface area contributed by atoms with E-state index in [9.17, 15) is 4.79 Å². The Morgan fingerprint density at radius 2 is 2.21 bits per heavy atom. The van der Waals surface area contributed by atoms with E-state index in [1.165, 1.54) is 12.8 Å². The molecule has 5 nitrogen and oxygen atoms in total. The van der Waals surface area contributed by atoms with Gasteiger partial charge in [-0.1, -0.05) is 38.0 Å². The number of benzene rings is 1. The summed E-state index contributed by atoms with van der Waals surface area (Å²) >= 11 is 0. The Morgan fingerprint density at radius 3 is 3.00 bits per heavy atom. The number of amides is 1. The fourth-order valence-electron chi connectivity index (χ4n) is 3.21. The predicted molar refractivity (Wildman–Crippen MR) is 92.9 cm³/mol. The number of nitrogens with one attached hydrogen (secondary N) is 1. The molecule has 0 saturated carbocycles. The lowest BCUT2D eigenvalue weighted by atomic mass is 10.1. The van der Waals surface area contributed by atoms with E-state index in [1.807, 2.05) is 35.2 Å². The zero-order valence-corrected chi connectivity index (χ0v) is 14.2. The zero-order chi connectivity index (χ0) is 16.8. The molecule has 1 atom stereocenters. The number of para-hydroxylation sites is 1. The van der Waals surface area contributed by atoms with Gasteiger partial charge < -0.3 is 9.64 Å². The summed E-state index contributed by atoms with van der Waals surface area (Å²) in [7, 11) is 0. The van der Waals surface area contributed by atoms with E-state index in [1.54, 1.807) is 6.07 Å². The molecular weight excluding hydrogens is 302 g/mol.